The lowest BCUT2D eigenvalue weighted by atomic mass is 9.98. The molecule has 1 fully saturated rings. The molecule has 1 unspecified atom stereocenters. The number of piperidine rings is 1. The topological polar surface area (TPSA) is 53.5 Å². The van der Waals surface area contributed by atoms with Crippen molar-refractivity contribution in [2.75, 3.05) is 32.9 Å². The van der Waals surface area contributed by atoms with Gasteiger partial charge in [-0.05, 0) is 44.5 Å². The maximum Gasteiger partial charge on any atom is 0.213 e. The van der Waals surface area contributed by atoms with Crippen LogP contribution in [-0.4, -0.2) is 55.5 Å². The third-order valence-electron chi connectivity index (χ3n) is 4.05. The number of pyridine rings is 1. The molecular formula is C15H25N3O2S. The van der Waals surface area contributed by atoms with E-state index in [0.717, 1.165) is 25.2 Å². The summed E-state index contributed by atoms with van der Waals surface area (Å²) in [6, 6.07) is 6.35. The summed E-state index contributed by atoms with van der Waals surface area (Å²) in [7, 11) is 0.0903. The minimum Gasteiger partial charge on any atom is -0.295 e. The summed E-state index contributed by atoms with van der Waals surface area (Å²) in [6.07, 6.45) is 6.01. The van der Waals surface area contributed by atoms with E-state index in [-0.39, 0.29) is 5.75 Å². The van der Waals surface area contributed by atoms with Gasteiger partial charge in [0.1, 0.15) is 0 Å². The molecule has 21 heavy (non-hydrogen) atoms. The quantitative estimate of drug-likeness (QED) is 0.805. The Kier molecular flexibility index (Phi) is 5.72. The highest BCUT2D eigenvalue weighted by Crippen LogP contribution is 2.29. The predicted molar refractivity (Wildman–Crippen MR) is 84.5 cm³/mol. The lowest BCUT2D eigenvalue weighted by Gasteiger charge is -2.35. The van der Waals surface area contributed by atoms with Crippen LogP contribution in [0.2, 0.25) is 0 Å². The second kappa shape index (κ2) is 7.33. The molecular weight excluding hydrogens is 286 g/mol. The van der Waals surface area contributed by atoms with Gasteiger partial charge in [0.2, 0.25) is 10.0 Å². The van der Waals surface area contributed by atoms with Crippen LogP contribution in [0.3, 0.4) is 0 Å². The number of hydrogen-bond acceptors (Lipinski definition) is 4. The monoisotopic (exact) mass is 311 g/mol. The minimum atomic E-state index is -3.09. The zero-order valence-electron chi connectivity index (χ0n) is 12.9. The number of likely N-dealkylation sites (tertiary alicyclic amines) is 1. The van der Waals surface area contributed by atoms with Crippen LogP contribution in [0.15, 0.2) is 24.4 Å². The summed E-state index contributed by atoms with van der Waals surface area (Å²) < 4.78 is 24.9. The average Bonchev–Trinajstić information content (AvgIpc) is 2.48. The minimum absolute atomic E-state index is 0.214. The Morgan fingerprint density at radius 1 is 1.33 bits per heavy atom. The lowest BCUT2D eigenvalue weighted by molar-refractivity contribution is 0.146. The van der Waals surface area contributed by atoms with Gasteiger partial charge in [-0.3, -0.25) is 9.88 Å². The molecule has 0 amide bonds. The van der Waals surface area contributed by atoms with Crippen LogP contribution in [0.5, 0.6) is 0 Å². The fraction of sp³-hybridized carbons (Fsp3) is 0.667. The van der Waals surface area contributed by atoms with E-state index in [1.165, 1.54) is 17.1 Å². The van der Waals surface area contributed by atoms with Crippen molar-refractivity contribution >= 4 is 10.0 Å². The van der Waals surface area contributed by atoms with Crippen molar-refractivity contribution in [3.63, 3.8) is 0 Å². The normalized spacial score (nSPS) is 20.8. The molecule has 0 aliphatic carbocycles. The predicted octanol–water partition coefficient (Wildman–Crippen LogP) is 1.89. The lowest BCUT2D eigenvalue weighted by Crippen LogP contribution is -2.36. The summed E-state index contributed by atoms with van der Waals surface area (Å²) in [6.45, 7) is 1.84. The maximum atomic E-state index is 11.8. The summed E-state index contributed by atoms with van der Waals surface area (Å²) in [5, 5.41) is 0. The molecule has 1 aromatic heterocycles. The highest BCUT2D eigenvalue weighted by Gasteiger charge is 2.25. The molecule has 0 spiro atoms. The van der Waals surface area contributed by atoms with E-state index >= 15 is 0 Å². The number of nitrogens with zero attached hydrogens (tertiary/aromatic N) is 3. The second-order valence-electron chi connectivity index (χ2n) is 5.75. The summed E-state index contributed by atoms with van der Waals surface area (Å²) in [5.74, 6) is 0.214. The standard InChI is InChI=1S/C15H25N3O2S/c1-17(2)21(19,20)13-7-12-18-11-6-4-9-15(18)14-8-3-5-10-16-14/h3,5,8,10,15H,4,6-7,9,11-13H2,1-2H3. The van der Waals surface area contributed by atoms with E-state index in [9.17, 15) is 8.42 Å². The molecule has 0 radical (unpaired) electrons. The Labute approximate surface area is 128 Å². The molecule has 0 aromatic carbocycles. The van der Waals surface area contributed by atoms with E-state index in [1.807, 2.05) is 18.3 Å². The number of hydrogen-bond donors (Lipinski definition) is 0. The second-order valence-corrected chi connectivity index (χ2v) is 8.06. The van der Waals surface area contributed by atoms with Crippen molar-refractivity contribution < 1.29 is 8.42 Å². The number of rotatable bonds is 6. The van der Waals surface area contributed by atoms with E-state index in [4.69, 9.17) is 0 Å². The largest absolute Gasteiger partial charge is 0.295 e. The van der Waals surface area contributed by atoms with Gasteiger partial charge in [0.25, 0.3) is 0 Å². The van der Waals surface area contributed by atoms with Crippen LogP contribution in [0.25, 0.3) is 0 Å². The van der Waals surface area contributed by atoms with Crippen LogP contribution < -0.4 is 0 Å². The Bertz CT molecular complexity index is 531. The molecule has 2 heterocycles. The Morgan fingerprint density at radius 2 is 2.14 bits per heavy atom. The van der Waals surface area contributed by atoms with Gasteiger partial charge < -0.3 is 0 Å². The fourth-order valence-corrected chi connectivity index (χ4v) is 3.66. The van der Waals surface area contributed by atoms with Crippen molar-refractivity contribution in [2.45, 2.75) is 31.7 Å². The molecule has 1 saturated heterocycles. The van der Waals surface area contributed by atoms with Crippen molar-refractivity contribution in [3.05, 3.63) is 30.1 Å². The SMILES string of the molecule is CN(C)S(=O)(=O)CCCN1CCCCC1c1ccccn1. The summed E-state index contributed by atoms with van der Waals surface area (Å²) in [4.78, 5) is 6.86. The third kappa shape index (κ3) is 4.49. The molecule has 6 heteroatoms. The van der Waals surface area contributed by atoms with Gasteiger partial charge in [0.15, 0.2) is 0 Å². The number of aromatic nitrogens is 1. The van der Waals surface area contributed by atoms with Crippen LogP contribution in [0, 0.1) is 0 Å². The van der Waals surface area contributed by atoms with Gasteiger partial charge in [-0.1, -0.05) is 12.5 Å². The maximum absolute atomic E-state index is 11.8. The smallest absolute Gasteiger partial charge is 0.213 e. The first-order chi connectivity index (χ1) is 10.0. The van der Waals surface area contributed by atoms with Gasteiger partial charge in [0.05, 0.1) is 17.5 Å². The van der Waals surface area contributed by atoms with E-state index in [1.54, 1.807) is 14.1 Å². The van der Waals surface area contributed by atoms with E-state index in [0.29, 0.717) is 12.5 Å². The van der Waals surface area contributed by atoms with Crippen LogP contribution >= 0.6 is 0 Å². The van der Waals surface area contributed by atoms with Crippen molar-refractivity contribution in [1.82, 2.24) is 14.2 Å². The summed E-state index contributed by atoms with van der Waals surface area (Å²) >= 11 is 0. The molecule has 1 aromatic rings. The van der Waals surface area contributed by atoms with Crippen LogP contribution in [0.1, 0.15) is 37.4 Å². The Balaban J connectivity index is 1.94. The van der Waals surface area contributed by atoms with Gasteiger partial charge in [-0.15, -0.1) is 0 Å². The molecule has 0 saturated carbocycles. The van der Waals surface area contributed by atoms with Crippen molar-refractivity contribution in [2.24, 2.45) is 0 Å². The highest BCUT2D eigenvalue weighted by molar-refractivity contribution is 7.89. The summed E-state index contributed by atoms with van der Waals surface area (Å²) in [5.41, 5.74) is 1.10. The van der Waals surface area contributed by atoms with Crippen LogP contribution in [-0.2, 0) is 10.0 Å². The van der Waals surface area contributed by atoms with Gasteiger partial charge >= 0.3 is 0 Å². The fourth-order valence-electron chi connectivity index (χ4n) is 2.80. The molecule has 5 nitrogen and oxygen atoms in total. The van der Waals surface area contributed by atoms with Crippen molar-refractivity contribution in [3.8, 4) is 0 Å². The van der Waals surface area contributed by atoms with Gasteiger partial charge in [-0.2, -0.15) is 0 Å². The zero-order valence-corrected chi connectivity index (χ0v) is 13.7. The Hall–Kier alpha value is -0.980. The molecule has 2 rings (SSSR count). The van der Waals surface area contributed by atoms with Crippen LogP contribution in [0.4, 0.5) is 0 Å². The van der Waals surface area contributed by atoms with E-state index in [2.05, 4.69) is 16.0 Å². The molecule has 1 aliphatic rings. The first-order valence-corrected chi connectivity index (χ1v) is 9.17. The average molecular weight is 311 g/mol. The first-order valence-electron chi connectivity index (χ1n) is 7.56. The zero-order chi connectivity index (χ0) is 15.3. The molecule has 118 valence electrons. The number of sulfonamides is 1. The first kappa shape index (κ1) is 16.4. The molecule has 0 bridgehead atoms. The molecule has 0 N–H and O–H groups in total. The highest BCUT2D eigenvalue weighted by atomic mass is 32.2. The van der Waals surface area contributed by atoms with Gasteiger partial charge in [-0.25, -0.2) is 12.7 Å². The van der Waals surface area contributed by atoms with Crippen molar-refractivity contribution in [1.29, 1.82) is 0 Å². The van der Waals surface area contributed by atoms with E-state index < -0.39 is 10.0 Å². The Morgan fingerprint density at radius 3 is 2.81 bits per heavy atom. The molecule has 1 atom stereocenters. The third-order valence-corrected chi connectivity index (χ3v) is 5.96. The van der Waals surface area contributed by atoms with Gasteiger partial charge in [0, 0.05) is 20.3 Å². The molecule has 1 aliphatic heterocycles.